The highest BCUT2D eigenvalue weighted by atomic mass is 79.9. The average molecular weight is 342 g/mol. The molecule has 1 saturated carbocycles. The number of carbonyl (C=O) groups excluding carboxylic acids is 1. The van der Waals surface area contributed by atoms with Crippen LogP contribution in [0.1, 0.15) is 29.6 Å². The van der Waals surface area contributed by atoms with Gasteiger partial charge >= 0.3 is 0 Å². The van der Waals surface area contributed by atoms with Gasteiger partial charge in [-0.2, -0.15) is 0 Å². The van der Waals surface area contributed by atoms with Crippen molar-refractivity contribution in [3.05, 3.63) is 23.8 Å². The average Bonchev–Trinajstić information content (AvgIpc) is 2.93. The van der Waals surface area contributed by atoms with Gasteiger partial charge in [0.1, 0.15) is 11.5 Å². The third-order valence-electron chi connectivity index (χ3n) is 3.83. The second kappa shape index (κ2) is 6.97. The van der Waals surface area contributed by atoms with Gasteiger partial charge < -0.3 is 14.8 Å². The minimum atomic E-state index is -0.0812. The first-order chi connectivity index (χ1) is 9.69. The van der Waals surface area contributed by atoms with E-state index in [1.165, 1.54) is 6.42 Å². The number of rotatable bonds is 5. The predicted molar refractivity (Wildman–Crippen MR) is 81.9 cm³/mol. The van der Waals surface area contributed by atoms with Gasteiger partial charge in [-0.15, -0.1) is 0 Å². The van der Waals surface area contributed by atoms with E-state index in [0.717, 1.165) is 18.2 Å². The number of nitrogens with one attached hydrogen (secondary N) is 1. The zero-order valence-corrected chi connectivity index (χ0v) is 13.4. The molecule has 4 nitrogen and oxygen atoms in total. The molecule has 1 aromatic rings. The summed E-state index contributed by atoms with van der Waals surface area (Å²) in [5.41, 5.74) is 0.550. The van der Waals surface area contributed by atoms with E-state index >= 15 is 0 Å². The first kappa shape index (κ1) is 15.2. The van der Waals surface area contributed by atoms with E-state index in [4.69, 9.17) is 9.47 Å². The lowest BCUT2D eigenvalue weighted by Gasteiger charge is -2.20. The molecular formula is C15H20BrNO3. The summed E-state index contributed by atoms with van der Waals surface area (Å²) < 4.78 is 10.4. The topological polar surface area (TPSA) is 47.6 Å². The van der Waals surface area contributed by atoms with Crippen LogP contribution >= 0.6 is 15.9 Å². The van der Waals surface area contributed by atoms with Gasteiger partial charge in [-0.3, -0.25) is 4.79 Å². The maximum atomic E-state index is 12.4. The van der Waals surface area contributed by atoms with Crippen LogP contribution in [0.15, 0.2) is 18.2 Å². The van der Waals surface area contributed by atoms with E-state index in [-0.39, 0.29) is 11.9 Å². The smallest absolute Gasteiger partial charge is 0.255 e. The number of hydrogen-bond acceptors (Lipinski definition) is 3. The molecule has 1 aliphatic rings. The summed E-state index contributed by atoms with van der Waals surface area (Å²) in [6.07, 6.45) is 3.37. The van der Waals surface area contributed by atoms with E-state index in [2.05, 4.69) is 21.2 Å². The van der Waals surface area contributed by atoms with Crippen LogP contribution in [0.25, 0.3) is 0 Å². The van der Waals surface area contributed by atoms with Crippen molar-refractivity contribution in [2.75, 3.05) is 19.5 Å². The fraction of sp³-hybridized carbons (Fsp3) is 0.533. The standard InChI is InChI=1S/C15H20BrNO3/c1-19-11-6-7-12(14(8-11)20-2)15(18)17-13-5-3-4-10(13)9-16/h6-8,10,13H,3-5,9H2,1-2H3,(H,17,18). The van der Waals surface area contributed by atoms with Gasteiger partial charge in [0, 0.05) is 17.4 Å². The highest BCUT2D eigenvalue weighted by Crippen LogP contribution is 2.29. The largest absolute Gasteiger partial charge is 0.497 e. The van der Waals surface area contributed by atoms with Crippen LogP contribution in [0.3, 0.4) is 0 Å². The molecule has 1 aliphatic carbocycles. The lowest BCUT2D eigenvalue weighted by Crippen LogP contribution is -2.38. The fourth-order valence-corrected chi connectivity index (χ4v) is 3.42. The molecule has 0 aromatic heterocycles. The summed E-state index contributed by atoms with van der Waals surface area (Å²) >= 11 is 3.52. The van der Waals surface area contributed by atoms with Crippen molar-refractivity contribution in [2.45, 2.75) is 25.3 Å². The molecule has 2 rings (SSSR count). The van der Waals surface area contributed by atoms with Crippen molar-refractivity contribution in [1.82, 2.24) is 5.32 Å². The molecule has 0 bridgehead atoms. The molecule has 1 N–H and O–H groups in total. The molecule has 0 heterocycles. The summed E-state index contributed by atoms with van der Waals surface area (Å²) in [6.45, 7) is 0. The Morgan fingerprint density at radius 2 is 2.15 bits per heavy atom. The number of amides is 1. The van der Waals surface area contributed by atoms with Crippen LogP contribution in [0.5, 0.6) is 11.5 Å². The van der Waals surface area contributed by atoms with E-state index in [1.807, 2.05) is 0 Å². The minimum Gasteiger partial charge on any atom is -0.497 e. The Morgan fingerprint density at radius 1 is 1.35 bits per heavy atom. The number of methoxy groups -OCH3 is 2. The first-order valence-corrected chi connectivity index (χ1v) is 7.90. The Balaban J connectivity index is 2.12. The molecule has 110 valence electrons. The molecule has 0 radical (unpaired) electrons. The summed E-state index contributed by atoms with van der Waals surface area (Å²) in [5, 5.41) is 4.05. The first-order valence-electron chi connectivity index (χ1n) is 6.78. The Morgan fingerprint density at radius 3 is 2.80 bits per heavy atom. The van der Waals surface area contributed by atoms with Gasteiger partial charge in [0.2, 0.25) is 0 Å². The molecule has 1 aromatic carbocycles. The number of ether oxygens (including phenoxy) is 2. The van der Waals surface area contributed by atoms with Crippen molar-refractivity contribution < 1.29 is 14.3 Å². The van der Waals surface area contributed by atoms with E-state index in [1.54, 1.807) is 32.4 Å². The van der Waals surface area contributed by atoms with Crippen molar-refractivity contribution in [2.24, 2.45) is 5.92 Å². The Labute approximate surface area is 128 Å². The molecule has 5 heteroatoms. The van der Waals surface area contributed by atoms with Gasteiger partial charge in [0.15, 0.2) is 0 Å². The second-order valence-corrected chi connectivity index (χ2v) is 5.64. The molecular weight excluding hydrogens is 322 g/mol. The Hall–Kier alpha value is -1.23. The lowest BCUT2D eigenvalue weighted by molar-refractivity contribution is 0.0927. The number of hydrogen-bond donors (Lipinski definition) is 1. The van der Waals surface area contributed by atoms with E-state index in [9.17, 15) is 4.79 Å². The minimum absolute atomic E-state index is 0.0812. The summed E-state index contributed by atoms with van der Waals surface area (Å²) in [4.78, 5) is 12.4. The SMILES string of the molecule is COc1ccc(C(=O)NC2CCCC2CBr)c(OC)c1. The Bertz CT molecular complexity index is 478. The van der Waals surface area contributed by atoms with Crippen LogP contribution in [-0.4, -0.2) is 31.5 Å². The highest BCUT2D eigenvalue weighted by molar-refractivity contribution is 9.09. The molecule has 0 aliphatic heterocycles. The van der Waals surface area contributed by atoms with Gasteiger partial charge in [-0.05, 0) is 30.9 Å². The summed E-state index contributed by atoms with van der Waals surface area (Å²) in [6, 6.07) is 5.48. The molecule has 2 unspecified atom stereocenters. The maximum Gasteiger partial charge on any atom is 0.255 e. The number of halogens is 1. The Kier molecular flexibility index (Phi) is 5.29. The van der Waals surface area contributed by atoms with Crippen LogP contribution < -0.4 is 14.8 Å². The molecule has 0 saturated heterocycles. The highest BCUT2D eigenvalue weighted by Gasteiger charge is 2.28. The molecule has 1 fully saturated rings. The quantitative estimate of drug-likeness (QED) is 0.837. The summed E-state index contributed by atoms with van der Waals surface area (Å²) in [7, 11) is 3.15. The van der Waals surface area contributed by atoms with Gasteiger partial charge in [-0.25, -0.2) is 0 Å². The molecule has 20 heavy (non-hydrogen) atoms. The zero-order chi connectivity index (χ0) is 14.5. The van der Waals surface area contributed by atoms with Gasteiger partial charge in [0.05, 0.1) is 19.8 Å². The van der Waals surface area contributed by atoms with Crippen molar-refractivity contribution in [1.29, 1.82) is 0 Å². The van der Waals surface area contributed by atoms with E-state index in [0.29, 0.717) is 23.0 Å². The normalized spacial score (nSPS) is 21.6. The van der Waals surface area contributed by atoms with Crippen molar-refractivity contribution in [3.8, 4) is 11.5 Å². The molecule has 2 atom stereocenters. The van der Waals surface area contributed by atoms with E-state index < -0.39 is 0 Å². The van der Waals surface area contributed by atoms with Crippen LogP contribution in [0.2, 0.25) is 0 Å². The van der Waals surface area contributed by atoms with Crippen LogP contribution in [0.4, 0.5) is 0 Å². The monoisotopic (exact) mass is 341 g/mol. The predicted octanol–water partition coefficient (Wildman–Crippen LogP) is 3.00. The lowest BCUT2D eigenvalue weighted by atomic mass is 10.1. The molecule has 0 spiro atoms. The fourth-order valence-electron chi connectivity index (χ4n) is 2.64. The van der Waals surface area contributed by atoms with Gasteiger partial charge in [-0.1, -0.05) is 22.4 Å². The number of alkyl halides is 1. The van der Waals surface area contributed by atoms with Crippen molar-refractivity contribution >= 4 is 21.8 Å². The van der Waals surface area contributed by atoms with Crippen LogP contribution in [0, 0.1) is 5.92 Å². The number of benzene rings is 1. The van der Waals surface area contributed by atoms with Crippen LogP contribution in [-0.2, 0) is 0 Å². The van der Waals surface area contributed by atoms with Crippen molar-refractivity contribution in [3.63, 3.8) is 0 Å². The number of carbonyl (C=O) groups is 1. The third kappa shape index (κ3) is 3.26. The zero-order valence-electron chi connectivity index (χ0n) is 11.8. The summed E-state index contributed by atoms with van der Waals surface area (Å²) in [5.74, 6) is 1.65. The maximum absolute atomic E-state index is 12.4. The second-order valence-electron chi connectivity index (χ2n) is 4.99. The molecule has 1 amide bonds. The third-order valence-corrected chi connectivity index (χ3v) is 4.66. The van der Waals surface area contributed by atoms with Gasteiger partial charge in [0.25, 0.3) is 5.91 Å².